The van der Waals surface area contributed by atoms with Crippen molar-refractivity contribution >= 4 is 59.4 Å². The number of benzene rings is 1. The molecule has 0 aliphatic rings. The number of halogens is 3. The number of carbonyl (C=O) groups is 1. The number of hydrogen-bond donors (Lipinski definition) is 2. The number of amides is 1. The van der Waals surface area contributed by atoms with Crippen molar-refractivity contribution in [2.24, 2.45) is 0 Å². The summed E-state index contributed by atoms with van der Waals surface area (Å²) < 4.78 is -0.988. The molecule has 6 heteroatoms. The second-order valence-corrected chi connectivity index (χ2v) is 9.26. The molecule has 1 amide bonds. The molecule has 76 valence electrons. The molecule has 14 heavy (non-hydrogen) atoms. The van der Waals surface area contributed by atoms with E-state index in [2.05, 4.69) is 53.1 Å². The van der Waals surface area contributed by atoms with Crippen LogP contribution in [0, 0.1) is 0 Å². The molecule has 0 unspecified atom stereocenters. The van der Waals surface area contributed by atoms with Gasteiger partial charge in [-0.2, -0.15) is 0 Å². The van der Waals surface area contributed by atoms with Crippen molar-refractivity contribution in [2.45, 2.75) is 2.14 Å². The van der Waals surface area contributed by atoms with E-state index in [-0.39, 0.29) is 11.7 Å². The fraction of sp³-hybridized carbons (Fsp3) is 0.125. The Bertz CT molecular complexity index is 349. The van der Waals surface area contributed by atoms with Gasteiger partial charge in [-0.3, -0.25) is 4.79 Å². The van der Waals surface area contributed by atoms with Crippen molar-refractivity contribution in [3.63, 3.8) is 0 Å². The van der Waals surface area contributed by atoms with Crippen LogP contribution in [0.1, 0.15) is 0 Å². The summed E-state index contributed by atoms with van der Waals surface area (Å²) >= 11 is 9.24. The van der Waals surface area contributed by atoms with Gasteiger partial charge in [0.25, 0.3) is 5.91 Å². The lowest BCUT2D eigenvalue weighted by atomic mass is 10.3. The Morgan fingerprint density at radius 3 is 2.50 bits per heavy atom. The third kappa shape index (κ3) is 3.59. The van der Waals surface area contributed by atoms with Gasteiger partial charge in [-0.25, -0.2) is 0 Å². The Morgan fingerprint density at radius 2 is 2.00 bits per heavy atom. The molecule has 0 aliphatic heterocycles. The van der Waals surface area contributed by atoms with E-state index in [9.17, 15) is 4.79 Å². The van der Waals surface area contributed by atoms with Gasteiger partial charge in [0, 0.05) is 11.8 Å². The molecule has 0 saturated carbocycles. The van der Waals surface area contributed by atoms with Crippen LogP contribution in [-0.4, -0.2) is 13.2 Å². The Morgan fingerprint density at radius 1 is 1.36 bits per heavy atom. The zero-order chi connectivity index (χ0) is 10.8. The van der Waals surface area contributed by atoms with Crippen LogP contribution in [0.25, 0.3) is 0 Å². The molecule has 3 nitrogen and oxygen atoms in total. The highest BCUT2D eigenvalue weighted by Crippen LogP contribution is 2.34. The summed E-state index contributed by atoms with van der Waals surface area (Å²) in [4.78, 5) is 11.4. The zero-order valence-electron chi connectivity index (χ0n) is 6.80. The SMILES string of the molecule is O=C(Nc1cccc(O)c1)C(Br)(Br)Br. The van der Waals surface area contributed by atoms with Crippen LogP contribution in [-0.2, 0) is 4.79 Å². The molecule has 0 aliphatic carbocycles. The van der Waals surface area contributed by atoms with Crippen LogP contribution in [0.2, 0.25) is 0 Å². The third-order valence-electron chi connectivity index (χ3n) is 1.36. The predicted molar refractivity (Wildman–Crippen MR) is 66.2 cm³/mol. The molecule has 0 aromatic heterocycles. The third-order valence-corrected chi connectivity index (χ3v) is 2.44. The molecule has 0 radical (unpaired) electrons. The van der Waals surface area contributed by atoms with E-state index in [0.717, 1.165) is 0 Å². The van der Waals surface area contributed by atoms with E-state index >= 15 is 0 Å². The maximum Gasteiger partial charge on any atom is 0.263 e. The largest absolute Gasteiger partial charge is 0.508 e. The lowest BCUT2D eigenvalue weighted by molar-refractivity contribution is -0.114. The molecular formula is C8H6Br3NO2. The maximum atomic E-state index is 11.4. The van der Waals surface area contributed by atoms with Crippen molar-refractivity contribution in [1.82, 2.24) is 0 Å². The van der Waals surface area contributed by atoms with Gasteiger partial charge in [-0.05, 0) is 59.9 Å². The van der Waals surface area contributed by atoms with Crippen molar-refractivity contribution < 1.29 is 9.90 Å². The molecule has 0 bridgehead atoms. The fourth-order valence-corrected chi connectivity index (χ4v) is 1.08. The minimum absolute atomic E-state index is 0.104. The van der Waals surface area contributed by atoms with E-state index in [1.165, 1.54) is 12.1 Å². The summed E-state index contributed by atoms with van der Waals surface area (Å²) in [6.45, 7) is 0. The van der Waals surface area contributed by atoms with Crippen LogP contribution in [0.15, 0.2) is 24.3 Å². The first-order chi connectivity index (χ1) is 6.39. The number of rotatable bonds is 1. The number of hydrogen-bond acceptors (Lipinski definition) is 2. The van der Waals surface area contributed by atoms with Crippen LogP contribution >= 0.6 is 47.8 Å². The van der Waals surface area contributed by atoms with E-state index in [0.29, 0.717) is 5.69 Å². The highest BCUT2D eigenvalue weighted by molar-refractivity contribution is 9.40. The minimum atomic E-state index is -0.988. The molecule has 0 spiro atoms. The predicted octanol–water partition coefficient (Wildman–Crippen LogP) is 3.17. The standard InChI is InChI=1S/C8H6Br3NO2/c9-8(10,11)7(14)12-5-2-1-3-6(13)4-5/h1-4,13H,(H,12,14). The monoisotopic (exact) mass is 385 g/mol. The van der Waals surface area contributed by atoms with Gasteiger partial charge in [0.2, 0.25) is 2.14 Å². The highest BCUT2D eigenvalue weighted by atomic mass is 80.0. The molecule has 0 atom stereocenters. The van der Waals surface area contributed by atoms with Crippen LogP contribution in [0.5, 0.6) is 5.75 Å². The molecule has 1 aromatic carbocycles. The quantitative estimate of drug-likeness (QED) is 0.727. The van der Waals surface area contributed by atoms with Gasteiger partial charge >= 0.3 is 0 Å². The molecule has 0 fully saturated rings. The summed E-state index contributed by atoms with van der Waals surface area (Å²) in [6.07, 6.45) is 0. The average Bonchev–Trinajstić information content (AvgIpc) is 2.02. The molecule has 2 N–H and O–H groups in total. The number of phenolic OH excluding ortho intramolecular Hbond substituents is 1. The average molecular weight is 388 g/mol. The highest BCUT2D eigenvalue weighted by Gasteiger charge is 2.28. The normalized spacial score (nSPS) is 11.1. The van der Waals surface area contributed by atoms with Crippen LogP contribution < -0.4 is 5.32 Å². The van der Waals surface area contributed by atoms with E-state index in [1.54, 1.807) is 12.1 Å². The lowest BCUT2D eigenvalue weighted by Gasteiger charge is -2.12. The van der Waals surface area contributed by atoms with Gasteiger partial charge in [0.05, 0.1) is 0 Å². The maximum absolute atomic E-state index is 11.4. The summed E-state index contributed by atoms with van der Waals surface area (Å²) in [5.74, 6) is -0.213. The van der Waals surface area contributed by atoms with Crippen molar-refractivity contribution in [3.05, 3.63) is 24.3 Å². The summed E-state index contributed by atoms with van der Waals surface area (Å²) in [5, 5.41) is 11.7. The smallest absolute Gasteiger partial charge is 0.263 e. The Balaban J connectivity index is 2.75. The van der Waals surface area contributed by atoms with Crippen molar-refractivity contribution in [1.29, 1.82) is 0 Å². The number of phenols is 1. The molecule has 0 heterocycles. The number of anilines is 1. The Labute approximate surface area is 106 Å². The molecular weight excluding hydrogens is 382 g/mol. The van der Waals surface area contributed by atoms with E-state index in [1.807, 2.05) is 0 Å². The first kappa shape index (κ1) is 12.0. The zero-order valence-corrected chi connectivity index (χ0v) is 11.6. The summed E-state index contributed by atoms with van der Waals surface area (Å²) in [7, 11) is 0. The molecule has 1 aromatic rings. The van der Waals surface area contributed by atoms with E-state index < -0.39 is 2.14 Å². The van der Waals surface area contributed by atoms with Crippen LogP contribution in [0.3, 0.4) is 0 Å². The van der Waals surface area contributed by atoms with E-state index in [4.69, 9.17) is 5.11 Å². The lowest BCUT2D eigenvalue weighted by Crippen LogP contribution is -2.25. The minimum Gasteiger partial charge on any atom is -0.508 e. The number of alkyl halides is 3. The van der Waals surface area contributed by atoms with Gasteiger partial charge in [-0.15, -0.1) is 0 Å². The van der Waals surface area contributed by atoms with Crippen LogP contribution in [0.4, 0.5) is 5.69 Å². The van der Waals surface area contributed by atoms with Gasteiger partial charge in [0.15, 0.2) is 0 Å². The van der Waals surface area contributed by atoms with Gasteiger partial charge in [0.1, 0.15) is 5.75 Å². The van der Waals surface area contributed by atoms with Crippen molar-refractivity contribution in [3.8, 4) is 5.75 Å². The first-order valence-corrected chi connectivity index (χ1v) is 5.95. The topological polar surface area (TPSA) is 49.3 Å². The molecule has 0 saturated heterocycles. The molecule has 1 rings (SSSR count). The Hall–Kier alpha value is -0.0700. The van der Waals surface area contributed by atoms with Gasteiger partial charge in [-0.1, -0.05) is 6.07 Å². The number of nitrogens with one attached hydrogen (secondary N) is 1. The first-order valence-electron chi connectivity index (χ1n) is 3.57. The number of aromatic hydroxyl groups is 1. The van der Waals surface area contributed by atoms with Crippen molar-refractivity contribution in [2.75, 3.05) is 5.32 Å². The Kier molecular flexibility index (Phi) is 3.97. The second kappa shape index (κ2) is 4.63. The fourth-order valence-electron chi connectivity index (χ4n) is 0.786. The summed E-state index contributed by atoms with van der Waals surface area (Å²) in [5.41, 5.74) is 0.526. The second-order valence-electron chi connectivity index (χ2n) is 2.50. The number of carbonyl (C=O) groups excluding carboxylic acids is 1. The van der Waals surface area contributed by atoms with Gasteiger partial charge < -0.3 is 10.4 Å². The summed E-state index contributed by atoms with van der Waals surface area (Å²) in [6, 6.07) is 6.30.